The molecule has 3 aromatic heterocycles. The van der Waals surface area contributed by atoms with Crippen molar-refractivity contribution in [2.24, 2.45) is 0 Å². The number of halogens is 1. The van der Waals surface area contributed by atoms with Crippen molar-refractivity contribution in [3.63, 3.8) is 0 Å². The van der Waals surface area contributed by atoms with Gasteiger partial charge in [0.1, 0.15) is 19.0 Å². The summed E-state index contributed by atoms with van der Waals surface area (Å²) >= 11 is 4.97. The minimum Gasteiger partial charge on any atom is -0.489 e. The standard InChI is InChI=1S/C24H26BrN5O2S/c1-14-8-6-7-9-20(14)32-11-19-10-21(33-12-19)24(31)26-23-16(3)28-30(18(23)5)13-29-17(4)22(25)15(2)27-29/h6-10,12H,11,13H2,1-5H3,(H,26,31). The smallest absolute Gasteiger partial charge is 0.265 e. The average molecular weight is 528 g/mol. The number of rotatable bonds is 7. The van der Waals surface area contributed by atoms with Gasteiger partial charge in [0.2, 0.25) is 0 Å². The molecule has 4 aromatic rings. The summed E-state index contributed by atoms with van der Waals surface area (Å²) in [6.45, 7) is 10.7. The lowest BCUT2D eigenvalue weighted by atomic mass is 10.2. The highest BCUT2D eigenvalue weighted by atomic mass is 79.9. The first-order valence-electron chi connectivity index (χ1n) is 10.5. The molecule has 0 aliphatic rings. The summed E-state index contributed by atoms with van der Waals surface area (Å²) < 4.78 is 10.6. The number of hydrogen-bond acceptors (Lipinski definition) is 5. The molecule has 0 saturated carbocycles. The maximum absolute atomic E-state index is 12.9. The molecule has 172 valence electrons. The number of aryl methyl sites for hydroxylation is 3. The molecule has 9 heteroatoms. The third-order valence-electron chi connectivity index (χ3n) is 5.55. The maximum atomic E-state index is 12.9. The van der Waals surface area contributed by atoms with E-state index in [1.54, 1.807) is 0 Å². The predicted octanol–water partition coefficient (Wildman–Crippen LogP) is 5.78. The van der Waals surface area contributed by atoms with Crippen LogP contribution in [0.15, 0.2) is 40.2 Å². The molecule has 0 spiro atoms. The van der Waals surface area contributed by atoms with Crippen LogP contribution in [0, 0.1) is 34.6 Å². The second-order valence-electron chi connectivity index (χ2n) is 8.00. The minimum absolute atomic E-state index is 0.151. The molecule has 0 aliphatic carbocycles. The highest BCUT2D eigenvalue weighted by Crippen LogP contribution is 2.25. The Balaban J connectivity index is 1.44. The number of carbonyl (C=O) groups excluding carboxylic acids is 1. The summed E-state index contributed by atoms with van der Waals surface area (Å²) in [6, 6.07) is 9.77. The van der Waals surface area contributed by atoms with Gasteiger partial charge in [0.05, 0.1) is 37.8 Å². The van der Waals surface area contributed by atoms with Crippen molar-refractivity contribution >= 4 is 38.9 Å². The zero-order valence-corrected chi connectivity index (χ0v) is 21.7. The van der Waals surface area contributed by atoms with E-state index in [2.05, 4.69) is 31.4 Å². The van der Waals surface area contributed by atoms with Gasteiger partial charge in [-0.15, -0.1) is 11.3 Å². The lowest BCUT2D eigenvalue weighted by Gasteiger charge is -2.08. The van der Waals surface area contributed by atoms with E-state index in [0.717, 1.165) is 49.8 Å². The van der Waals surface area contributed by atoms with E-state index >= 15 is 0 Å². The Bertz CT molecular complexity index is 1320. The van der Waals surface area contributed by atoms with E-state index in [9.17, 15) is 4.79 Å². The van der Waals surface area contributed by atoms with Crippen LogP contribution in [-0.2, 0) is 13.3 Å². The molecule has 33 heavy (non-hydrogen) atoms. The van der Waals surface area contributed by atoms with Gasteiger partial charge in [-0.05, 0) is 73.6 Å². The van der Waals surface area contributed by atoms with Crippen molar-refractivity contribution < 1.29 is 9.53 Å². The molecule has 0 saturated heterocycles. The van der Waals surface area contributed by atoms with Crippen molar-refractivity contribution in [3.8, 4) is 5.75 Å². The number of hydrogen-bond donors (Lipinski definition) is 1. The Labute approximate surface area is 205 Å². The van der Waals surface area contributed by atoms with Crippen LogP contribution >= 0.6 is 27.3 Å². The fourth-order valence-corrected chi connectivity index (χ4v) is 4.66. The van der Waals surface area contributed by atoms with Crippen LogP contribution in [0.25, 0.3) is 0 Å². The third-order valence-corrected chi connectivity index (χ3v) is 7.67. The fourth-order valence-electron chi connectivity index (χ4n) is 3.58. The molecule has 0 fully saturated rings. The molecule has 1 aromatic carbocycles. The van der Waals surface area contributed by atoms with E-state index < -0.39 is 0 Å². The Morgan fingerprint density at radius 3 is 2.45 bits per heavy atom. The van der Waals surface area contributed by atoms with Crippen LogP contribution in [-0.4, -0.2) is 25.5 Å². The molecule has 4 rings (SSSR count). The third kappa shape index (κ3) is 4.89. The largest absolute Gasteiger partial charge is 0.489 e. The number of thiophene rings is 1. The van der Waals surface area contributed by atoms with Gasteiger partial charge in [-0.3, -0.25) is 4.79 Å². The summed E-state index contributed by atoms with van der Waals surface area (Å²) in [5, 5.41) is 14.2. The monoisotopic (exact) mass is 527 g/mol. The van der Waals surface area contributed by atoms with Crippen molar-refractivity contribution in [2.75, 3.05) is 5.32 Å². The molecule has 1 N–H and O–H groups in total. The van der Waals surface area contributed by atoms with Crippen LogP contribution < -0.4 is 10.1 Å². The molecule has 1 amide bonds. The maximum Gasteiger partial charge on any atom is 0.265 e. The van der Waals surface area contributed by atoms with E-state index in [1.807, 2.05) is 79.7 Å². The Hall–Kier alpha value is -2.91. The minimum atomic E-state index is -0.151. The van der Waals surface area contributed by atoms with Gasteiger partial charge in [-0.2, -0.15) is 10.2 Å². The van der Waals surface area contributed by atoms with Gasteiger partial charge >= 0.3 is 0 Å². The van der Waals surface area contributed by atoms with Gasteiger partial charge in [0, 0.05) is 5.56 Å². The van der Waals surface area contributed by atoms with Crippen LogP contribution in [0.2, 0.25) is 0 Å². The number of para-hydroxylation sites is 1. The lowest BCUT2D eigenvalue weighted by molar-refractivity contribution is 0.103. The molecule has 0 radical (unpaired) electrons. The number of carbonyl (C=O) groups is 1. The number of ether oxygens (including phenoxy) is 1. The highest BCUT2D eigenvalue weighted by molar-refractivity contribution is 9.10. The Kier molecular flexibility index (Phi) is 6.71. The molecular weight excluding hydrogens is 502 g/mol. The molecule has 0 bridgehead atoms. The molecular formula is C24H26BrN5O2S. The van der Waals surface area contributed by atoms with Crippen molar-refractivity contribution in [1.82, 2.24) is 19.6 Å². The first kappa shape index (κ1) is 23.3. The number of anilines is 1. The average Bonchev–Trinajstić information content (AvgIpc) is 3.43. The van der Waals surface area contributed by atoms with Gasteiger partial charge in [-0.25, -0.2) is 9.36 Å². The van der Waals surface area contributed by atoms with Crippen LogP contribution in [0.1, 0.15) is 43.6 Å². The van der Waals surface area contributed by atoms with E-state index in [4.69, 9.17) is 4.74 Å². The molecule has 7 nitrogen and oxygen atoms in total. The van der Waals surface area contributed by atoms with Crippen LogP contribution in [0.4, 0.5) is 5.69 Å². The first-order chi connectivity index (χ1) is 15.7. The molecule has 0 unspecified atom stereocenters. The number of nitrogens with zero attached hydrogens (tertiary/aromatic N) is 4. The van der Waals surface area contributed by atoms with Crippen molar-refractivity contribution in [1.29, 1.82) is 0 Å². The fraction of sp³-hybridized carbons (Fsp3) is 0.292. The summed E-state index contributed by atoms with van der Waals surface area (Å²) in [7, 11) is 0. The number of aromatic nitrogens is 4. The molecule has 0 atom stereocenters. The number of benzene rings is 1. The number of amides is 1. The van der Waals surface area contributed by atoms with Crippen LogP contribution in [0.5, 0.6) is 5.75 Å². The Morgan fingerprint density at radius 2 is 1.76 bits per heavy atom. The first-order valence-corrected chi connectivity index (χ1v) is 12.2. The lowest BCUT2D eigenvalue weighted by Crippen LogP contribution is -2.15. The van der Waals surface area contributed by atoms with Crippen LogP contribution in [0.3, 0.4) is 0 Å². The SMILES string of the molecule is Cc1ccccc1OCc1csc(C(=O)Nc2c(C)nn(Cn3nc(C)c(Br)c3C)c2C)c1. The number of nitrogens with one attached hydrogen (secondary N) is 1. The zero-order chi connectivity index (χ0) is 23.7. The second kappa shape index (κ2) is 9.52. The van der Waals surface area contributed by atoms with E-state index in [0.29, 0.717) is 18.2 Å². The summed E-state index contributed by atoms with van der Waals surface area (Å²) in [4.78, 5) is 13.6. The van der Waals surface area contributed by atoms with Crippen molar-refractivity contribution in [3.05, 3.63) is 79.0 Å². The normalized spacial score (nSPS) is 11.1. The highest BCUT2D eigenvalue weighted by Gasteiger charge is 2.18. The van der Waals surface area contributed by atoms with E-state index in [-0.39, 0.29) is 5.91 Å². The quantitative estimate of drug-likeness (QED) is 0.330. The zero-order valence-electron chi connectivity index (χ0n) is 19.3. The Morgan fingerprint density at radius 1 is 1.06 bits per heavy atom. The molecule has 0 aliphatic heterocycles. The summed E-state index contributed by atoms with van der Waals surface area (Å²) in [6.07, 6.45) is 0. The summed E-state index contributed by atoms with van der Waals surface area (Å²) in [5.41, 5.74) is 6.39. The predicted molar refractivity (Wildman–Crippen MR) is 134 cm³/mol. The second-order valence-corrected chi connectivity index (χ2v) is 9.70. The van der Waals surface area contributed by atoms with Gasteiger partial charge in [0.15, 0.2) is 0 Å². The summed E-state index contributed by atoms with van der Waals surface area (Å²) in [5.74, 6) is 0.699. The van der Waals surface area contributed by atoms with Gasteiger partial charge in [0.25, 0.3) is 5.91 Å². The van der Waals surface area contributed by atoms with Gasteiger partial charge < -0.3 is 10.1 Å². The van der Waals surface area contributed by atoms with Gasteiger partial charge in [-0.1, -0.05) is 18.2 Å². The van der Waals surface area contributed by atoms with E-state index in [1.165, 1.54) is 11.3 Å². The van der Waals surface area contributed by atoms with Crippen molar-refractivity contribution in [2.45, 2.75) is 47.9 Å². The molecule has 3 heterocycles. The topological polar surface area (TPSA) is 74.0 Å².